The number of rotatable bonds is 4. The van der Waals surface area contributed by atoms with Crippen LogP contribution in [0.4, 0.5) is 5.95 Å². The SMILES string of the molecule is O=C(CSC1CCS(=O)(=O)C1)Nc1ncc[nH]1. The molecule has 0 aliphatic carbocycles. The number of sulfone groups is 1. The predicted molar refractivity (Wildman–Crippen MR) is 66.7 cm³/mol. The highest BCUT2D eigenvalue weighted by Gasteiger charge is 2.28. The van der Waals surface area contributed by atoms with Gasteiger partial charge in [0.05, 0.1) is 17.3 Å². The summed E-state index contributed by atoms with van der Waals surface area (Å²) < 4.78 is 22.4. The largest absolute Gasteiger partial charge is 0.331 e. The van der Waals surface area contributed by atoms with Gasteiger partial charge in [0.2, 0.25) is 11.9 Å². The molecule has 1 atom stereocenters. The lowest BCUT2D eigenvalue weighted by Crippen LogP contribution is -2.17. The van der Waals surface area contributed by atoms with Crippen LogP contribution in [0.1, 0.15) is 6.42 Å². The van der Waals surface area contributed by atoms with Crippen molar-refractivity contribution in [3.05, 3.63) is 12.4 Å². The number of H-pyrrole nitrogens is 1. The van der Waals surface area contributed by atoms with E-state index in [0.29, 0.717) is 12.4 Å². The van der Waals surface area contributed by atoms with Crippen LogP contribution in [-0.2, 0) is 14.6 Å². The Hall–Kier alpha value is -1.02. The minimum atomic E-state index is -2.86. The molecule has 1 fully saturated rings. The van der Waals surface area contributed by atoms with E-state index in [-0.39, 0.29) is 28.4 Å². The number of hydrogen-bond acceptors (Lipinski definition) is 5. The average Bonchev–Trinajstić information content (AvgIpc) is 2.85. The van der Waals surface area contributed by atoms with Crippen molar-refractivity contribution in [3.8, 4) is 0 Å². The summed E-state index contributed by atoms with van der Waals surface area (Å²) in [5, 5.41) is 2.63. The first-order valence-electron chi connectivity index (χ1n) is 5.16. The zero-order chi connectivity index (χ0) is 12.3. The van der Waals surface area contributed by atoms with Crippen LogP contribution in [0.3, 0.4) is 0 Å². The Balaban J connectivity index is 1.74. The van der Waals surface area contributed by atoms with Gasteiger partial charge in [-0.25, -0.2) is 13.4 Å². The molecule has 8 heteroatoms. The highest BCUT2D eigenvalue weighted by atomic mass is 32.2. The quantitative estimate of drug-likeness (QED) is 0.823. The molecule has 1 aromatic heterocycles. The summed E-state index contributed by atoms with van der Waals surface area (Å²) in [5.41, 5.74) is 0. The topological polar surface area (TPSA) is 91.9 Å². The Morgan fingerprint density at radius 2 is 2.47 bits per heavy atom. The Morgan fingerprint density at radius 3 is 3.06 bits per heavy atom. The van der Waals surface area contributed by atoms with Crippen LogP contribution in [0.5, 0.6) is 0 Å². The molecule has 0 aromatic carbocycles. The monoisotopic (exact) mass is 275 g/mol. The minimum Gasteiger partial charge on any atom is -0.331 e. The van der Waals surface area contributed by atoms with Crippen molar-refractivity contribution in [1.82, 2.24) is 9.97 Å². The molecule has 0 radical (unpaired) electrons. The Morgan fingerprint density at radius 1 is 1.65 bits per heavy atom. The summed E-state index contributed by atoms with van der Waals surface area (Å²) in [4.78, 5) is 18.1. The molecule has 0 saturated carbocycles. The number of nitrogens with zero attached hydrogens (tertiary/aromatic N) is 1. The molecule has 1 unspecified atom stereocenters. The van der Waals surface area contributed by atoms with Gasteiger partial charge in [0.1, 0.15) is 0 Å². The molecule has 1 amide bonds. The normalized spacial score (nSPS) is 22.5. The number of aromatic nitrogens is 2. The fourth-order valence-electron chi connectivity index (χ4n) is 1.59. The Bertz CT molecular complexity index is 484. The standard InChI is InChI=1S/C9H13N3O3S2/c13-8(12-9-10-2-3-11-9)5-16-7-1-4-17(14,15)6-7/h2-3,7H,1,4-6H2,(H2,10,11,12,13). The van der Waals surface area contributed by atoms with Crippen molar-refractivity contribution in [3.63, 3.8) is 0 Å². The maximum Gasteiger partial charge on any atom is 0.236 e. The van der Waals surface area contributed by atoms with Crippen LogP contribution in [-0.4, -0.2) is 46.8 Å². The highest BCUT2D eigenvalue weighted by molar-refractivity contribution is 8.02. The molecule has 2 heterocycles. The lowest BCUT2D eigenvalue weighted by Gasteiger charge is -2.06. The summed E-state index contributed by atoms with van der Waals surface area (Å²) >= 11 is 1.38. The minimum absolute atomic E-state index is 0.0438. The number of thioether (sulfide) groups is 1. The fraction of sp³-hybridized carbons (Fsp3) is 0.556. The van der Waals surface area contributed by atoms with E-state index < -0.39 is 9.84 Å². The number of hydrogen-bond donors (Lipinski definition) is 2. The van der Waals surface area contributed by atoms with E-state index in [1.165, 1.54) is 11.8 Å². The van der Waals surface area contributed by atoms with E-state index in [0.717, 1.165) is 0 Å². The zero-order valence-electron chi connectivity index (χ0n) is 9.05. The van der Waals surface area contributed by atoms with Crippen molar-refractivity contribution in [2.45, 2.75) is 11.7 Å². The molecule has 1 saturated heterocycles. The van der Waals surface area contributed by atoms with Crippen LogP contribution >= 0.6 is 11.8 Å². The second-order valence-corrected chi connectivity index (χ2v) is 7.34. The zero-order valence-corrected chi connectivity index (χ0v) is 10.7. The number of aromatic amines is 1. The number of amides is 1. The van der Waals surface area contributed by atoms with E-state index in [1.54, 1.807) is 12.4 Å². The van der Waals surface area contributed by atoms with Crippen LogP contribution in [0.25, 0.3) is 0 Å². The van der Waals surface area contributed by atoms with Crippen molar-refractivity contribution in [2.24, 2.45) is 0 Å². The van der Waals surface area contributed by atoms with Crippen LogP contribution in [0, 0.1) is 0 Å². The summed E-state index contributed by atoms with van der Waals surface area (Å²) in [6.45, 7) is 0. The van der Waals surface area contributed by atoms with Gasteiger partial charge in [-0.3, -0.25) is 10.1 Å². The number of carbonyl (C=O) groups excluding carboxylic acids is 1. The second-order valence-electron chi connectivity index (χ2n) is 3.82. The van der Waals surface area contributed by atoms with Gasteiger partial charge in [-0.2, -0.15) is 0 Å². The average molecular weight is 275 g/mol. The first-order chi connectivity index (χ1) is 8.05. The number of nitrogens with one attached hydrogen (secondary N) is 2. The Labute approximate surface area is 104 Å². The third-order valence-corrected chi connectivity index (χ3v) is 5.68. The lowest BCUT2D eigenvalue weighted by molar-refractivity contribution is -0.113. The molecular weight excluding hydrogens is 262 g/mol. The third-order valence-electron chi connectivity index (χ3n) is 2.40. The van der Waals surface area contributed by atoms with Crippen LogP contribution in [0.2, 0.25) is 0 Å². The molecule has 0 bridgehead atoms. The van der Waals surface area contributed by atoms with E-state index in [1.807, 2.05) is 0 Å². The molecule has 1 aromatic rings. The lowest BCUT2D eigenvalue weighted by atomic mass is 10.4. The molecule has 0 spiro atoms. The Kier molecular flexibility index (Phi) is 3.72. The van der Waals surface area contributed by atoms with Crippen molar-refractivity contribution in [2.75, 3.05) is 22.6 Å². The highest BCUT2D eigenvalue weighted by Crippen LogP contribution is 2.24. The molecule has 2 N–H and O–H groups in total. The van der Waals surface area contributed by atoms with Gasteiger partial charge < -0.3 is 4.98 Å². The van der Waals surface area contributed by atoms with Crippen molar-refractivity contribution >= 4 is 33.5 Å². The summed E-state index contributed by atoms with van der Waals surface area (Å²) in [6.07, 6.45) is 3.81. The van der Waals surface area contributed by atoms with Gasteiger partial charge in [0.25, 0.3) is 0 Å². The first-order valence-corrected chi connectivity index (χ1v) is 8.03. The number of anilines is 1. The second kappa shape index (κ2) is 5.09. The fourth-order valence-corrected chi connectivity index (χ4v) is 5.03. The maximum absolute atomic E-state index is 11.5. The molecule has 1 aliphatic rings. The van der Waals surface area contributed by atoms with Crippen molar-refractivity contribution < 1.29 is 13.2 Å². The van der Waals surface area contributed by atoms with Gasteiger partial charge in [-0.1, -0.05) is 0 Å². The van der Waals surface area contributed by atoms with Crippen molar-refractivity contribution in [1.29, 1.82) is 0 Å². The van der Waals surface area contributed by atoms with Crippen LogP contribution < -0.4 is 5.32 Å². The number of imidazole rings is 1. The first kappa shape index (κ1) is 12.4. The molecular formula is C9H13N3O3S2. The van der Waals surface area contributed by atoms with Crippen LogP contribution in [0.15, 0.2) is 12.4 Å². The van der Waals surface area contributed by atoms with E-state index in [9.17, 15) is 13.2 Å². The summed E-state index contributed by atoms with van der Waals surface area (Å²) in [7, 11) is -2.86. The van der Waals surface area contributed by atoms with Gasteiger partial charge in [-0.15, -0.1) is 11.8 Å². The van der Waals surface area contributed by atoms with Gasteiger partial charge in [0, 0.05) is 17.6 Å². The maximum atomic E-state index is 11.5. The third kappa shape index (κ3) is 3.74. The molecule has 94 valence electrons. The van der Waals surface area contributed by atoms with E-state index in [4.69, 9.17) is 0 Å². The molecule has 1 aliphatic heterocycles. The van der Waals surface area contributed by atoms with E-state index in [2.05, 4.69) is 15.3 Å². The van der Waals surface area contributed by atoms with E-state index >= 15 is 0 Å². The van der Waals surface area contributed by atoms with Gasteiger partial charge in [0.15, 0.2) is 9.84 Å². The predicted octanol–water partition coefficient (Wildman–Crippen LogP) is 0.268. The molecule has 6 nitrogen and oxygen atoms in total. The molecule has 2 rings (SSSR count). The van der Waals surface area contributed by atoms with Gasteiger partial charge >= 0.3 is 0 Å². The smallest absolute Gasteiger partial charge is 0.236 e. The summed E-state index contributed by atoms with van der Waals surface area (Å²) in [5.74, 6) is 0.917. The van der Waals surface area contributed by atoms with Gasteiger partial charge in [-0.05, 0) is 6.42 Å². The molecule has 17 heavy (non-hydrogen) atoms. The number of carbonyl (C=O) groups is 1. The summed E-state index contributed by atoms with van der Waals surface area (Å²) in [6, 6.07) is 0.